The van der Waals surface area contributed by atoms with Gasteiger partial charge in [-0.05, 0) is 41.6 Å². The topological polar surface area (TPSA) is 38.3 Å². The Morgan fingerprint density at radius 1 is 1.50 bits per heavy atom. The molecule has 0 aliphatic rings. The van der Waals surface area contributed by atoms with Gasteiger partial charge in [-0.1, -0.05) is 18.2 Å². The maximum absolute atomic E-state index is 11.0. The van der Waals surface area contributed by atoms with E-state index in [-0.39, 0.29) is 5.97 Å². The van der Waals surface area contributed by atoms with Gasteiger partial charge in [0.25, 0.3) is 0 Å². The summed E-state index contributed by atoms with van der Waals surface area (Å²) in [5.74, 6) is -0.299. The summed E-state index contributed by atoms with van der Waals surface area (Å²) in [6.07, 6.45) is 3.19. The Morgan fingerprint density at radius 3 is 2.94 bits per heavy atom. The molecule has 0 saturated heterocycles. The molecule has 0 fully saturated rings. The highest BCUT2D eigenvalue weighted by molar-refractivity contribution is 14.1. The van der Waals surface area contributed by atoms with E-state index >= 15 is 0 Å². The summed E-state index contributed by atoms with van der Waals surface area (Å²) in [6.45, 7) is 2.81. The number of hydrogen-bond donors (Lipinski definition) is 1. The van der Waals surface area contributed by atoms with Crippen molar-refractivity contribution in [1.29, 1.82) is 0 Å². The van der Waals surface area contributed by atoms with Crippen molar-refractivity contribution in [1.82, 2.24) is 0 Å². The molecule has 0 aliphatic carbocycles. The molecule has 0 spiro atoms. The van der Waals surface area contributed by atoms with Gasteiger partial charge in [-0.2, -0.15) is 0 Å². The lowest BCUT2D eigenvalue weighted by Crippen LogP contribution is -2.03. The van der Waals surface area contributed by atoms with Crippen LogP contribution in [0.5, 0.6) is 0 Å². The van der Waals surface area contributed by atoms with Gasteiger partial charge in [-0.3, -0.25) is 0 Å². The lowest BCUT2D eigenvalue weighted by atomic mass is 10.3. The Bertz CT molecular complexity index is 377. The molecular formula is C12H14INO2. The molecule has 0 bridgehead atoms. The van der Waals surface area contributed by atoms with Gasteiger partial charge in [0, 0.05) is 21.9 Å². The predicted octanol–water partition coefficient (Wildman–Crippen LogP) is 2.82. The number of nitrogens with one attached hydrogen (secondary N) is 1. The molecule has 0 amide bonds. The SMILES string of the molecule is CCOC(=O)/C=C/CNc1ccccc1I. The first-order valence-electron chi connectivity index (χ1n) is 5.05. The molecule has 1 rings (SSSR count). The maximum atomic E-state index is 11.0. The van der Waals surface area contributed by atoms with Crippen LogP contribution in [-0.2, 0) is 9.53 Å². The summed E-state index contributed by atoms with van der Waals surface area (Å²) in [4.78, 5) is 11.0. The van der Waals surface area contributed by atoms with E-state index in [1.165, 1.54) is 6.08 Å². The predicted molar refractivity (Wildman–Crippen MR) is 73.4 cm³/mol. The number of carbonyl (C=O) groups excluding carboxylic acids is 1. The Kier molecular flexibility index (Phi) is 5.92. The minimum Gasteiger partial charge on any atom is -0.463 e. The molecule has 1 aromatic rings. The smallest absolute Gasteiger partial charge is 0.330 e. The quantitative estimate of drug-likeness (QED) is 0.512. The van der Waals surface area contributed by atoms with Gasteiger partial charge in [-0.15, -0.1) is 0 Å². The summed E-state index contributed by atoms with van der Waals surface area (Å²) in [5.41, 5.74) is 1.07. The highest BCUT2D eigenvalue weighted by Gasteiger charge is 1.95. The zero-order valence-corrected chi connectivity index (χ0v) is 11.2. The minimum atomic E-state index is -0.299. The van der Waals surface area contributed by atoms with Crippen LogP contribution < -0.4 is 5.32 Å². The first kappa shape index (κ1) is 13.0. The fourth-order valence-electron chi connectivity index (χ4n) is 1.12. The van der Waals surface area contributed by atoms with Crippen LogP contribution in [0, 0.1) is 3.57 Å². The molecule has 0 radical (unpaired) electrons. The molecule has 0 saturated carbocycles. The van der Waals surface area contributed by atoms with Crippen LogP contribution in [0.25, 0.3) is 0 Å². The molecular weight excluding hydrogens is 317 g/mol. The van der Waals surface area contributed by atoms with Gasteiger partial charge in [0.2, 0.25) is 0 Å². The van der Waals surface area contributed by atoms with Crippen molar-refractivity contribution in [3.8, 4) is 0 Å². The van der Waals surface area contributed by atoms with Crippen LogP contribution in [0.4, 0.5) is 5.69 Å². The van der Waals surface area contributed by atoms with Gasteiger partial charge in [0.1, 0.15) is 0 Å². The van der Waals surface area contributed by atoms with Gasteiger partial charge < -0.3 is 10.1 Å². The molecule has 0 heterocycles. The number of para-hydroxylation sites is 1. The Hall–Kier alpha value is -1.04. The average molecular weight is 331 g/mol. The average Bonchev–Trinajstić information content (AvgIpc) is 2.27. The van der Waals surface area contributed by atoms with Crippen molar-refractivity contribution in [2.45, 2.75) is 6.92 Å². The van der Waals surface area contributed by atoms with E-state index in [1.807, 2.05) is 24.3 Å². The number of hydrogen-bond acceptors (Lipinski definition) is 3. The second kappa shape index (κ2) is 7.27. The van der Waals surface area contributed by atoms with Gasteiger partial charge >= 0.3 is 5.97 Å². The molecule has 0 atom stereocenters. The molecule has 86 valence electrons. The number of halogens is 1. The van der Waals surface area contributed by atoms with Crippen LogP contribution in [0.1, 0.15) is 6.92 Å². The third-order valence-corrected chi connectivity index (χ3v) is 2.77. The number of rotatable bonds is 5. The zero-order chi connectivity index (χ0) is 11.8. The van der Waals surface area contributed by atoms with Gasteiger partial charge in [0.15, 0.2) is 0 Å². The van der Waals surface area contributed by atoms with Crippen molar-refractivity contribution in [3.05, 3.63) is 40.0 Å². The number of anilines is 1. The largest absolute Gasteiger partial charge is 0.463 e. The van der Waals surface area contributed by atoms with Crippen LogP contribution >= 0.6 is 22.6 Å². The zero-order valence-electron chi connectivity index (χ0n) is 9.07. The summed E-state index contributed by atoms with van der Waals surface area (Å²) < 4.78 is 5.92. The van der Waals surface area contributed by atoms with E-state index in [0.29, 0.717) is 13.2 Å². The number of ether oxygens (including phenoxy) is 1. The van der Waals surface area contributed by atoms with Crippen LogP contribution in [0.3, 0.4) is 0 Å². The summed E-state index contributed by atoms with van der Waals surface area (Å²) in [7, 11) is 0. The summed E-state index contributed by atoms with van der Waals surface area (Å²) in [5, 5.41) is 3.21. The third kappa shape index (κ3) is 4.65. The standard InChI is InChI=1S/C12H14INO2/c1-2-16-12(15)8-5-9-14-11-7-4-3-6-10(11)13/h3-8,14H,2,9H2,1H3/b8-5+. The number of esters is 1. The van der Waals surface area contributed by atoms with Crippen LogP contribution in [-0.4, -0.2) is 19.1 Å². The van der Waals surface area contributed by atoms with Crippen LogP contribution in [0.2, 0.25) is 0 Å². The van der Waals surface area contributed by atoms with E-state index in [1.54, 1.807) is 13.0 Å². The first-order valence-corrected chi connectivity index (χ1v) is 6.13. The van der Waals surface area contributed by atoms with Crippen molar-refractivity contribution in [2.24, 2.45) is 0 Å². The lowest BCUT2D eigenvalue weighted by Gasteiger charge is -2.04. The molecule has 4 heteroatoms. The monoisotopic (exact) mass is 331 g/mol. The van der Waals surface area contributed by atoms with Crippen molar-refractivity contribution in [2.75, 3.05) is 18.5 Å². The Balaban J connectivity index is 2.36. The highest BCUT2D eigenvalue weighted by atomic mass is 127. The third-order valence-electron chi connectivity index (χ3n) is 1.82. The van der Waals surface area contributed by atoms with Crippen molar-refractivity contribution in [3.63, 3.8) is 0 Å². The Morgan fingerprint density at radius 2 is 2.25 bits per heavy atom. The molecule has 0 aliphatic heterocycles. The van der Waals surface area contributed by atoms with Gasteiger partial charge in [0.05, 0.1) is 6.61 Å². The highest BCUT2D eigenvalue weighted by Crippen LogP contribution is 2.16. The molecule has 0 aromatic heterocycles. The second-order valence-electron chi connectivity index (χ2n) is 3.02. The van der Waals surface area contributed by atoms with E-state index in [2.05, 4.69) is 27.9 Å². The van der Waals surface area contributed by atoms with E-state index in [9.17, 15) is 4.79 Å². The minimum absolute atomic E-state index is 0.299. The van der Waals surface area contributed by atoms with E-state index < -0.39 is 0 Å². The van der Waals surface area contributed by atoms with Crippen molar-refractivity contribution < 1.29 is 9.53 Å². The summed E-state index contributed by atoms with van der Waals surface area (Å²) in [6, 6.07) is 7.99. The molecule has 1 aromatic carbocycles. The van der Waals surface area contributed by atoms with Gasteiger partial charge in [-0.25, -0.2) is 4.79 Å². The Labute approximate surface area is 109 Å². The first-order chi connectivity index (χ1) is 7.74. The van der Waals surface area contributed by atoms with E-state index in [0.717, 1.165) is 9.26 Å². The second-order valence-corrected chi connectivity index (χ2v) is 4.18. The summed E-state index contributed by atoms with van der Waals surface area (Å²) >= 11 is 2.26. The maximum Gasteiger partial charge on any atom is 0.330 e. The van der Waals surface area contributed by atoms with E-state index in [4.69, 9.17) is 4.74 Å². The molecule has 16 heavy (non-hydrogen) atoms. The number of benzene rings is 1. The molecule has 3 nitrogen and oxygen atoms in total. The molecule has 0 unspecified atom stereocenters. The number of carbonyl (C=O) groups is 1. The van der Waals surface area contributed by atoms with Crippen molar-refractivity contribution >= 4 is 34.2 Å². The fourth-order valence-corrected chi connectivity index (χ4v) is 1.70. The molecule has 1 N–H and O–H groups in total. The normalized spacial score (nSPS) is 10.4. The fraction of sp³-hybridized carbons (Fsp3) is 0.250. The lowest BCUT2D eigenvalue weighted by molar-refractivity contribution is -0.137. The van der Waals surface area contributed by atoms with Crippen LogP contribution in [0.15, 0.2) is 36.4 Å².